The predicted molar refractivity (Wildman–Crippen MR) is 78.5 cm³/mol. The average molecular weight is 295 g/mol. The van der Waals surface area contributed by atoms with E-state index in [4.69, 9.17) is 9.84 Å². The zero-order valence-electron chi connectivity index (χ0n) is 12.5. The lowest BCUT2D eigenvalue weighted by atomic mass is 10.2. The third-order valence-electron chi connectivity index (χ3n) is 2.35. The molecule has 116 valence electrons. The van der Waals surface area contributed by atoms with E-state index < -0.39 is 17.7 Å². The highest BCUT2D eigenvalue weighted by molar-refractivity contribution is 5.92. The van der Waals surface area contributed by atoms with Gasteiger partial charge >= 0.3 is 12.1 Å². The number of pyridine rings is 1. The molecule has 0 saturated carbocycles. The summed E-state index contributed by atoms with van der Waals surface area (Å²) in [4.78, 5) is 26.3. The Morgan fingerprint density at radius 2 is 2.05 bits per heavy atom. The molecular formula is C14H21N3O4. The summed E-state index contributed by atoms with van der Waals surface area (Å²) in [5.74, 6) is -0.709. The summed E-state index contributed by atoms with van der Waals surface area (Å²) in [5.41, 5.74) is -0.398. The molecule has 0 fully saturated rings. The molecule has 1 amide bonds. The first-order valence-electron chi connectivity index (χ1n) is 6.68. The second kappa shape index (κ2) is 7.47. The monoisotopic (exact) mass is 295 g/mol. The molecule has 1 aromatic rings. The van der Waals surface area contributed by atoms with Crippen molar-refractivity contribution in [3.05, 3.63) is 23.9 Å². The van der Waals surface area contributed by atoms with Crippen molar-refractivity contribution in [2.24, 2.45) is 0 Å². The van der Waals surface area contributed by atoms with Gasteiger partial charge < -0.3 is 20.5 Å². The van der Waals surface area contributed by atoms with Crippen molar-refractivity contribution >= 4 is 17.9 Å². The molecule has 0 aliphatic heterocycles. The molecule has 7 nitrogen and oxygen atoms in total. The van der Waals surface area contributed by atoms with Crippen LogP contribution < -0.4 is 10.6 Å². The van der Waals surface area contributed by atoms with Crippen molar-refractivity contribution in [1.29, 1.82) is 0 Å². The van der Waals surface area contributed by atoms with Crippen LogP contribution in [-0.2, 0) is 4.74 Å². The number of carboxylic acid groups (broad SMARTS) is 1. The fraction of sp³-hybridized carbons (Fsp3) is 0.500. The van der Waals surface area contributed by atoms with Crippen molar-refractivity contribution in [2.75, 3.05) is 18.4 Å². The minimum Gasteiger partial charge on any atom is -0.478 e. The molecule has 0 saturated heterocycles. The van der Waals surface area contributed by atoms with Crippen molar-refractivity contribution in [3.63, 3.8) is 0 Å². The number of amides is 1. The summed E-state index contributed by atoms with van der Waals surface area (Å²) in [6, 6.07) is 3.05. The number of carbonyl (C=O) groups is 2. The summed E-state index contributed by atoms with van der Waals surface area (Å²) in [6.45, 7) is 6.30. The van der Waals surface area contributed by atoms with Crippen LogP contribution in [0, 0.1) is 0 Å². The molecule has 0 spiro atoms. The van der Waals surface area contributed by atoms with Crippen molar-refractivity contribution in [2.45, 2.75) is 32.8 Å². The summed E-state index contributed by atoms with van der Waals surface area (Å²) in [6.07, 6.45) is 1.68. The van der Waals surface area contributed by atoms with Crippen molar-refractivity contribution in [1.82, 2.24) is 10.3 Å². The Morgan fingerprint density at radius 1 is 1.33 bits per heavy atom. The number of nitrogens with zero attached hydrogens (tertiary/aromatic N) is 1. The van der Waals surface area contributed by atoms with E-state index in [2.05, 4.69) is 15.6 Å². The standard InChI is InChI=1S/C14H21N3O4/c1-14(2,3)21-13(20)17-9-5-8-16-11-10(12(18)19)6-4-7-15-11/h4,6-7H,5,8-9H2,1-3H3,(H,15,16)(H,17,20)(H,18,19). The second-order valence-electron chi connectivity index (χ2n) is 5.41. The Morgan fingerprint density at radius 3 is 2.67 bits per heavy atom. The number of carbonyl (C=O) groups excluding carboxylic acids is 1. The van der Waals surface area contributed by atoms with Crippen LogP contribution >= 0.6 is 0 Å². The van der Waals surface area contributed by atoms with Gasteiger partial charge in [-0.05, 0) is 39.3 Å². The molecule has 0 radical (unpaired) electrons. The molecule has 7 heteroatoms. The smallest absolute Gasteiger partial charge is 0.407 e. The first-order chi connectivity index (χ1) is 9.79. The van der Waals surface area contributed by atoms with Gasteiger partial charge in [0.25, 0.3) is 0 Å². The average Bonchev–Trinajstić information content (AvgIpc) is 2.36. The van der Waals surface area contributed by atoms with Crippen LogP contribution in [0.25, 0.3) is 0 Å². The lowest BCUT2D eigenvalue weighted by Crippen LogP contribution is -2.33. The molecule has 21 heavy (non-hydrogen) atoms. The fourth-order valence-electron chi connectivity index (χ4n) is 1.52. The number of ether oxygens (including phenoxy) is 1. The summed E-state index contributed by atoms with van der Waals surface area (Å²) in [5, 5.41) is 14.6. The quantitative estimate of drug-likeness (QED) is 0.695. The Balaban J connectivity index is 2.29. The maximum Gasteiger partial charge on any atom is 0.407 e. The van der Waals surface area contributed by atoms with E-state index in [0.29, 0.717) is 25.3 Å². The van der Waals surface area contributed by atoms with Crippen LogP contribution in [0.2, 0.25) is 0 Å². The summed E-state index contributed by atoms with van der Waals surface area (Å²) >= 11 is 0. The molecule has 0 aromatic carbocycles. The Kier molecular flexibility index (Phi) is 5.95. The van der Waals surface area contributed by atoms with E-state index in [1.54, 1.807) is 26.8 Å². The third kappa shape index (κ3) is 6.60. The van der Waals surface area contributed by atoms with Gasteiger partial charge in [-0.2, -0.15) is 0 Å². The van der Waals surface area contributed by atoms with Crippen LogP contribution in [0.1, 0.15) is 37.6 Å². The number of hydrogen-bond donors (Lipinski definition) is 3. The molecule has 0 atom stereocenters. The third-order valence-corrected chi connectivity index (χ3v) is 2.35. The highest BCUT2D eigenvalue weighted by Crippen LogP contribution is 2.10. The SMILES string of the molecule is CC(C)(C)OC(=O)NCCCNc1ncccc1C(=O)O. The molecule has 3 N–H and O–H groups in total. The number of alkyl carbamates (subject to hydrolysis) is 1. The molecule has 0 aliphatic carbocycles. The molecule has 1 rings (SSSR count). The molecule has 0 bridgehead atoms. The van der Waals surface area contributed by atoms with Gasteiger partial charge in [0.05, 0.1) is 0 Å². The topological polar surface area (TPSA) is 101 Å². The van der Waals surface area contributed by atoms with Gasteiger partial charge in [0.2, 0.25) is 0 Å². The van der Waals surface area contributed by atoms with E-state index >= 15 is 0 Å². The van der Waals surface area contributed by atoms with E-state index in [9.17, 15) is 9.59 Å². The first-order valence-corrected chi connectivity index (χ1v) is 6.68. The number of nitrogens with one attached hydrogen (secondary N) is 2. The van der Waals surface area contributed by atoms with Gasteiger partial charge in [0.15, 0.2) is 0 Å². The van der Waals surface area contributed by atoms with Gasteiger partial charge in [-0.15, -0.1) is 0 Å². The van der Waals surface area contributed by atoms with Crippen LogP contribution in [0.15, 0.2) is 18.3 Å². The molecular weight excluding hydrogens is 274 g/mol. The maximum absolute atomic E-state index is 11.4. The summed E-state index contributed by atoms with van der Waals surface area (Å²) in [7, 11) is 0. The normalized spacial score (nSPS) is 10.8. The largest absolute Gasteiger partial charge is 0.478 e. The Labute approximate surface area is 123 Å². The molecule has 1 aromatic heterocycles. The van der Waals surface area contributed by atoms with E-state index in [1.165, 1.54) is 12.3 Å². The van der Waals surface area contributed by atoms with Crippen LogP contribution in [0.4, 0.5) is 10.6 Å². The summed E-state index contributed by atoms with van der Waals surface area (Å²) < 4.78 is 5.09. The van der Waals surface area contributed by atoms with Gasteiger partial charge in [-0.1, -0.05) is 0 Å². The second-order valence-corrected chi connectivity index (χ2v) is 5.41. The lowest BCUT2D eigenvalue weighted by molar-refractivity contribution is 0.0527. The zero-order valence-corrected chi connectivity index (χ0v) is 12.5. The Bertz CT molecular complexity index is 497. The van der Waals surface area contributed by atoms with E-state index in [-0.39, 0.29) is 5.56 Å². The van der Waals surface area contributed by atoms with Crippen molar-refractivity contribution < 1.29 is 19.4 Å². The molecule has 0 unspecified atom stereocenters. The number of aromatic carboxylic acids is 1. The number of anilines is 1. The minimum absolute atomic E-state index is 0.123. The van der Waals surface area contributed by atoms with Crippen LogP contribution in [0.5, 0.6) is 0 Å². The molecule has 0 aliphatic rings. The fourth-order valence-corrected chi connectivity index (χ4v) is 1.52. The van der Waals surface area contributed by atoms with Crippen LogP contribution in [-0.4, -0.2) is 40.8 Å². The van der Waals surface area contributed by atoms with Crippen LogP contribution in [0.3, 0.4) is 0 Å². The van der Waals surface area contributed by atoms with Gasteiger partial charge in [0.1, 0.15) is 17.0 Å². The van der Waals surface area contributed by atoms with E-state index in [1.807, 2.05) is 0 Å². The van der Waals surface area contributed by atoms with Gasteiger partial charge in [-0.25, -0.2) is 14.6 Å². The van der Waals surface area contributed by atoms with Gasteiger partial charge in [0, 0.05) is 19.3 Å². The lowest BCUT2D eigenvalue weighted by Gasteiger charge is -2.19. The Hall–Kier alpha value is -2.31. The molecule has 1 heterocycles. The van der Waals surface area contributed by atoms with E-state index in [0.717, 1.165) is 0 Å². The highest BCUT2D eigenvalue weighted by Gasteiger charge is 2.15. The number of rotatable bonds is 6. The highest BCUT2D eigenvalue weighted by atomic mass is 16.6. The zero-order chi connectivity index (χ0) is 15.9. The maximum atomic E-state index is 11.4. The number of aromatic nitrogens is 1. The number of hydrogen-bond acceptors (Lipinski definition) is 5. The first kappa shape index (κ1) is 16.7. The minimum atomic E-state index is -1.03. The predicted octanol–water partition coefficient (Wildman–Crippen LogP) is 2.11. The number of carboxylic acids is 1. The van der Waals surface area contributed by atoms with Gasteiger partial charge in [-0.3, -0.25) is 0 Å². The van der Waals surface area contributed by atoms with Crippen molar-refractivity contribution in [3.8, 4) is 0 Å².